The molecule has 3 N–H and O–H groups in total. The second kappa shape index (κ2) is 13.5. The number of halogens is 1. The Hall–Kier alpha value is -3.41. The van der Waals surface area contributed by atoms with Crippen LogP contribution in [0, 0.1) is 6.92 Å². The van der Waals surface area contributed by atoms with Crippen molar-refractivity contribution in [3.05, 3.63) is 57.6 Å². The Morgan fingerprint density at radius 2 is 1.91 bits per heavy atom. The number of nitrogens with one attached hydrogen (secondary N) is 1. The minimum Gasteiger partial charge on any atom is -0.493 e. The van der Waals surface area contributed by atoms with Crippen LogP contribution in [0.1, 0.15) is 16.1 Å². The number of nitrogens with zero attached hydrogens (tertiary/aromatic N) is 3. The number of hydrogen-bond donors (Lipinski definition) is 2. The second-order valence-electron chi connectivity index (χ2n) is 7.11. The minimum atomic E-state index is -0.347. The highest BCUT2D eigenvalue weighted by molar-refractivity contribution is 7.15. The molecule has 0 aliphatic carbocycles. The van der Waals surface area contributed by atoms with Gasteiger partial charge in [0.25, 0.3) is 0 Å². The zero-order valence-electron chi connectivity index (χ0n) is 19.3. The zero-order valence-corrected chi connectivity index (χ0v) is 20.9. The van der Waals surface area contributed by atoms with E-state index in [2.05, 4.69) is 20.7 Å². The van der Waals surface area contributed by atoms with Gasteiger partial charge in [-0.2, -0.15) is 5.10 Å². The normalized spacial score (nSPS) is 10.9. The number of carbonyl (C=O) groups excluding carboxylic acids is 1. The van der Waals surface area contributed by atoms with E-state index >= 15 is 0 Å². The van der Waals surface area contributed by atoms with Gasteiger partial charge in [0, 0.05) is 0 Å². The fourth-order valence-corrected chi connectivity index (χ4v) is 3.76. The van der Waals surface area contributed by atoms with E-state index < -0.39 is 0 Å². The highest BCUT2D eigenvalue weighted by Crippen LogP contribution is 2.36. The topological polar surface area (TPSA) is 130 Å². The van der Waals surface area contributed by atoms with Crippen molar-refractivity contribution in [1.29, 1.82) is 0 Å². The lowest BCUT2D eigenvalue weighted by Gasteiger charge is -2.13. The first kappa shape index (κ1) is 26.2. The van der Waals surface area contributed by atoms with Crippen LogP contribution >= 0.6 is 22.9 Å². The molecule has 35 heavy (non-hydrogen) atoms. The molecule has 0 radical (unpaired) electrons. The number of nitrogen functional groups attached to an aromatic ring is 1. The van der Waals surface area contributed by atoms with Crippen molar-refractivity contribution in [2.45, 2.75) is 13.3 Å². The smallest absolute Gasteiger partial charge is 0.247 e. The Labute approximate surface area is 212 Å². The Balaban J connectivity index is 1.42. The van der Waals surface area contributed by atoms with Crippen molar-refractivity contribution in [1.82, 2.24) is 15.6 Å². The van der Waals surface area contributed by atoms with E-state index in [0.29, 0.717) is 52.0 Å². The third kappa shape index (κ3) is 8.39. The van der Waals surface area contributed by atoms with Crippen molar-refractivity contribution in [2.24, 2.45) is 5.10 Å². The summed E-state index contributed by atoms with van der Waals surface area (Å²) in [7, 11) is 1.51. The molecule has 186 valence electrons. The molecule has 12 heteroatoms. The molecule has 0 saturated heterocycles. The lowest BCUT2D eigenvalue weighted by atomic mass is 10.2. The molecular formula is C23H26ClN5O5S. The lowest BCUT2D eigenvalue weighted by Crippen LogP contribution is -2.19. The molecule has 0 unspecified atom stereocenters. The summed E-state index contributed by atoms with van der Waals surface area (Å²) in [6.07, 6.45) is 1.48. The third-order valence-electron chi connectivity index (χ3n) is 4.50. The van der Waals surface area contributed by atoms with Crippen LogP contribution in [-0.2, 0) is 16.0 Å². The molecule has 0 aliphatic heterocycles. The van der Waals surface area contributed by atoms with Crippen LogP contribution in [-0.4, -0.2) is 55.9 Å². The molecule has 1 aromatic heterocycles. The van der Waals surface area contributed by atoms with Crippen LogP contribution in [0.2, 0.25) is 5.02 Å². The monoisotopic (exact) mass is 519 g/mol. The molecule has 0 fully saturated rings. The fraction of sp³-hybridized carbons (Fsp3) is 0.304. The van der Waals surface area contributed by atoms with E-state index in [1.54, 1.807) is 12.1 Å². The molecule has 0 atom stereocenters. The number of carbonyl (C=O) groups is 1. The van der Waals surface area contributed by atoms with Gasteiger partial charge in [-0.3, -0.25) is 4.79 Å². The van der Waals surface area contributed by atoms with Gasteiger partial charge in [0.1, 0.15) is 24.0 Å². The fourth-order valence-electron chi connectivity index (χ4n) is 2.88. The standard InChI is InChI=1S/C23H26ClN5O5S/c1-15-5-3-4-6-18(15)33-9-7-32-8-10-34-22-17(24)11-16(12-19(22)31-2)14-26-27-20(30)13-21-28-29-23(25)35-21/h3-6,11-12,14H,7-10,13H2,1-2H3,(H2,25,29)(H,27,30)/b26-14+. The average Bonchev–Trinajstić information content (AvgIpc) is 3.24. The van der Waals surface area contributed by atoms with Gasteiger partial charge in [-0.1, -0.05) is 41.1 Å². The predicted octanol–water partition coefficient (Wildman–Crippen LogP) is 3.26. The number of para-hydroxylation sites is 1. The van der Waals surface area contributed by atoms with Gasteiger partial charge in [-0.25, -0.2) is 5.43 Å². The van der Waals surface area contributed by atoms with Crippen LogP contribution in [0.4, 0.5) is 5.13 Å². The molecule has 0 aliphatic rings. The first-order valence-electron chi connectivity index (χ1n) is 10.6. The molecule has 0 spiro atoms. The number of nitrogens with two attached hydrogens (primary N) is 1. The molecule has 0 saturated carbocycles. The molecule has 10 nitrogen and oxygen atoms in total. The summed E-state index contributed by atoms with van der Waals surface area (Å²) in [6.45, 7) is 3.49. The summed E-state index contributed by atoms with van der Waals surface area (Å²) in [5, 5.41) is 12.5. The van der Waals surface area contributed by atoms with Crippen LogP contribution in [0.5, 0.6) is 17.2 Å². The quantitative estimate of drug-likeness (QED) is 0.200. The van der Waals surface area contributed by atoms with Crippen LogP contribution in [0.3, 0.4) is 0 Å². The number of methoxy groups -OCH3 is 1. The van der Waals surface area contributed by atoms with Crippen LogP contribution in [0.15, 0.2) is 41.5 Å². The van der Waals surface area contributed by atoms with Crippen molar-refractivity contribution in [3.63, 3.8) is 0 Å². The number of hydrogen-bond acceptors (Lipinski definition) is 10. The third-order valence-corrected chi connectivity index (χ3v) is 5.53. The van der Waals surface area contributed by atoms with Gasteiger partial charge in [-0.15, -0.1) is 10.2 Å². The maximum absolute atomic E-state index is 11.9. The van der Waals surface area contributed by atoms with Gasteiger partial charge in [-0.05, 0) is 36.2 Å². The van der Waals surface area contributed by atoms with Gasteiger partial charge in [0.2, 0.25) is 11.0 Å². The Morgan fingerprint density at radius 3 is 2.63 bits per heavy atom. The van der Waals surface area contributed by atoms with Crippen molar-refractivity contribution in [3.8, 4) is 17.2 Å². The van der Waals surface area contributed by atoms with E-state index in [0.717, 1.165) is 22.6 Å². The largest absolute Gasteiger partial charge is 0.493 e. The Morgan fingerprint density at radius 1 is 1.14 bits per heavy atom. The van der Waals surface area contributed by atoms with Gasteiger partial charge in [0.05, 0.1) is 38.0 Å². The first-order valence-corrected chi connectivity index (χ1v) is 11.8. The molecule has 0 bridgehead atoms. The summed E-state index contributed by atoms with van der Waals surface area (Å²) in [5.74, 6) is 1.32. The lowest BCUT2D eigenvalue weighted by molar-refractivity contribution is -0.120. The average molecular weight is 520 g/mol. The summed E-state index contributed by atoms with van der Waals surface area (Å²) in [6, 6.07) is 11.2. The van der Waals surface area contributed by atoms with Gasteiger partial charge < -0.3 is 24.7 Å². The number of ether oxygens (including phenoxy) is 4. The van der Waals surface area contributed by atoms with E-state index in [1.807, 2.05) is 31.2 Å². The van der Waals surface area contributed by atoms with Gasteiger partial charge >= 0.3 is 0 Å². The van der Waals surface area contributed by atoms with E-state index in [1.165, 1.54) is 13.3 Å². The maximum atomic E-state index is 11.9. The number of anilines is 1. The SMILES string of the molecule is COc1cc(/C=N/NC(=O)Cc2nnc(N)s2)cc(Cl)c1OCCOCCOc1ccccc1C. The van der Waals surface area contributed by atoms with Crippen molar-refractivity contribution in [2.75, 3.05) is 39.3 Å². The molecule has 1 amide bonds. The second-order valence-corrected chi connectivity index (χ2v) is 8.61. The molecule has 1 heterocycles. The number of aryl methyl sites for hydroxylation is 1. The molecular weight excluding hydrogens is 494 g/mol. The summed E-state index contributed by atoms with van der Waals surface area (Å²) in [4.78, 5) is 11.9. The maximum Gasteiger partial charge on any atom is 0.247 e. The number of benzene rings is 2. The van der Waals surface area contributed by atoms with Crippen LogP contribution < -0.4 is 25.4 Å². The molecule has 3 aromatic rings. The molecule has 2 aromatic carbocycles. The predicted molar refractivity (Wildman–Crippen MR) is 135 cm³/mol. The van der Waals surface area contributed by atoms with E-state index in [4.69, 9.17) is 36.3 Å². The number of amides is 1. The summed E-state index contributed by atoms with van der Waals surface area (Å²) < 4.78 is 22.4. The van der Waals surface area contributed by atoms with E-state index in [9.17, 15) is 4.79 Å². The minimum absolute atomic E-state index is 0.0309. The van der Waals surface area contributed by atoms with Gasteiger partial charge in [0.15, 0.2) is 11.5 Å². The zero-order chi connectivity index (χ0) is 25.0. The van der Waals surface area contributed by atoms with Crippen molar-refractivity contribution < 1.29 is 23.7 Å². The van der Waals surface area contributed by atoms with Crippen LogP contribution in [0.25, 0.3) is 0 Å². The summed E-state index contributed by atoms with van der Waals surface area (Å²) in [5.41, 5.74) is 9.61. The van der Waals surface area contributed by atoms with Crippen molar-refractivity contribution >= 4 is 40.2 Å². The number of rotatable bonds is 13. The Bertz CT molecular complexity index is 1160. The van der Waals surface area contributed by atoms with E-state index in [-0.39, 0.29) is 18.9 Å². The summed E-state index contributed by atoms with van der Waals surface area (Å²) >= 11 is 7.51. The number of aromatic nitrogens is 2. The number of hydrazone groups is 1. The molecule has 3 rings (SSSR count). The highest BCUT2D eigenvalue weighted by Gasteiger charge is 2.12. The first-order chi connectivity index (χ1) is 17.0. The Kier molecular flexibility index (Phi) is 10.1. The highest BCUT2D eigenvalue weighted by atomic mass is 35.5.